The quantitative estimate of drug-likeness (QED) is 0.670. The number of benzene rings is 1. The van der Waals surface area contributed by atoms with Crippen LogP contribution in [0.4, 0.5) is 5.69 Å². The summed E-state index contributed by atoms with van der Waals surface area (Å²) in [5.41, 5.74) is 8.03. The van der Waals surface area contributed by atoms with Crippen molar-refractivity contribution >= 4 is 11.3 Å². The third-order valence-electron chi connectivity index (χ3n) is 4.02. The molecule has 0 atom stereocenters. The molecule has 2 nitrogen and oxygen atoms in total. The van der Waals surface area contributed by atoms with Crippen molar-refractivity contribution in [2.24, 2.45) is 0 Å². The molecular weight excluding hydrogens is 220 g/mol. The van der Waals surface area contributed by atoms with Crippen LogP contribution in [-0.2, 0) is 0 Å². The van der Waals surface area contributed by atoms with Gasteiger partial charge in [-0.05, 0) is 62.6 Å². The fraction of sp³-hybridized carbons (Fsp3) is 0.250. The van der Waals surface area contributed by atoms with Crippen LogP contribution in [0.5, 0.6) is 0 Å². The molecule has 18 heavy (non-hydrogen) atoms. The van der Waals surface area contributed by atoms with Crippen LogP contribution in [-0.4, -0.2) is 5.01 Å². The summed E-state index contributed by atoms with van der Waals surface area (Å²) in [6, 6.07) is 4.41. The Balaban J connectivity index is 2.31. The Kier molecular flexibility index (Phi) is 2.34. The summed E-state index contributed by atoms with van der Waals surface area (Å²) in [7, 11) is 0. The van der Waals surface area contributed by atoms with Gasteiger partial charge in [0.25, 0.3) is 0 Å². The van der Waals surface area contributed by atoms with Crippen LogP contribution in [0.2, 0.25) is 0 Å². The molecule has 0 N–H and O–H groups in total. The largest absolute Gasteiger partial charge is 0.261 e. The van der Waals surface area contributed by atoms with Gasteiger partial charge in [0.2, 0.25) is 0 Å². The first kappa shape index (κ1) is 11.1. The first-order chi connectivity index (χ1) is 8.61. The molecule has 0 radical (unpaired) electrons. The van der Waals surface area contributed by atoms with Gasteiger partial charge in [-0.3, -0.25) is 10.0 Å². The van der Waals surface area contributed by atoms with E-state index in [4.69, 9.17) is 0 Å². The van der Waals surface area contributed by atoms with E-state index < -0.39 is 0 Å². The number of allylic oxidation sites excluding steroid dienone is 4. The third kappa shape index (κ3) is 1.35. The van der Waals surface area contributed by atoms with Gasteiger partial charge in [0.15, 0.2) is 0 Å². The van der Waals surface area contributed by atoms with Gasteiger partial charge < -0.3 is 0 Å². The van der Waals surface area contributed by atoms with E-state index in [9.17, 15) is 0 Å². The van der Waals surface area contributed by atoms with Crippen LogP contribution in [0, 0.1) is 13.8 Å². The molecule has 1 aromatic rings. The SMILES string of the molecule is CC1=C(C)N2C=CC=CN2c2ccc(C)c(C)c21. The van der Waals surface area contributed by atoms with Gasteiger partial charge in [-0.1, -0.05) is 6.07 Å². The Labute approximate surface area is 108 Å². The summed E-state index contributed by atoms with van der Waals surface area (Å²) in [5, 5.41) is 4.41. The molecule has 2 aliphatic rings. The van der Waals surface area contributed by atoms with Crippen molar-refractivity contribution in [2.75, 3.05) is 5.01 Å². The first-order valence-electron chi connectivity index (χ1n) is 6.32. The number of nitrogens with zero attached hydrogens (tertiary/aromatic N) is 2. The highest BCUT2D eigenvalue weighted by atomic mass is 15.6. The van der Waals surface area contributed by atoms with E-state index in [0.717, 1.165) is 0 Å². The van der Waals surface area contributed by atoms with Gasteiger partial charge in [-0.15, -0.1) is 0 Å². The molecule has 2 aliphatic heterocycles. The number of fused-ring (bicyclic) bond motifs is 3. The van der Waals surface area contributed by atoms with Crippen molar-refractivity contribution in [3.05, 3.63) is 59.1 Å². The van der Waals surface area contributed by atoms with E-state index in [1.807, 2.05) is 0 Å². The lowest BCUT2D eigenvalue weighted by molar-refractivity contribution is 0.461. The van der Waals surface area contributed by atoms with Gasteiger partial charge in [-0.25, -0.2) is 0 Å². The second kappa shape index (κ2) is 3.77. The highest BCUT2D eigenvalue weighted by Gasteiger charge is 2.26. The molecule has 0 fully saturated rings. The second-order valence-corrected chi connectivity index (χ2v) is 4.98. The number of rotatable bonds is 0. The standard InChI is InChI=1S/C16H18N2/c1-11-7-8-15-16(12(11)2)13(3)14(4)17-9-5-6-10-18(15)17/h5-10H,1-4H3. The lowest BCUT2D eigenvalue weighted by Gasteiger charge is -2.41. The maximum absolute atomic E-state index is 2.21. The first-order valence-corrected chi connectivity index (χ1v) is 6.32. The molecule has 2 heterocycles. The average molecular weight is 238 g/mol. The second-order valence-electron chi connectivity index (χ2n) is 4.98. The summed E-state index contributed by atoms with van der Waals surface area (Å²) < 4.78 is 0. The number of aryl methyl sites for hydroxylation is 1. The van der Waals surface area contributed by atoms with E-state index in [2.05, 4.69) is 74.4 Å². The molecule has 0 aromatic heterocycles. The van der Waals surface area contributed by atoms with E-state index in [0.29, 0.717) is 0 Å². The van der Waals surface area contributed by atoms with Gasteiger partial charge in [-0.2, -0.15) is 0 Å². The smallest absolute Gasteiger partial charge is 0.0707 e. The summed E-state index contributed by atoms with van der Waals surface area (Å²) in [6.07, 6.45) is 8.36. The highest BCUT2D eigenvalue weighted by Crippen LogP contribution is 2.40. The highest BCUT2D eigenvalue weighted by molar-refractivity contribution is 5.83. The average Bonchev–Trinajstić information content (AvgIpc) is 2.39. The lowest BCUT2D eigenvalue weighted by atomic mass is 9.93. The van der Waals surface area contributed by atoms with Crippen LogP contribution in [0.1, 0.15) is 30.5 Å². The van der Waals surface area contributed by atoms with Crippen LogP contribution in [0.15, 0.2) is 42.4 Å². The fourth-order valence-corrected chi connectivity index (χ4v) is 2.69. The molecule has 1 aromatic carbocycles. The minimum absolute atomic E-state index is 1.27. The summed E-state index contributed by atoms with van der Waals surface area (Å²) in [4.78, 5) is 0. The van der Waals surface area contributed by atoms with Gasteiger partial charge in [0, 0.05) is 23.7 Å². The zero-order valence-corrected chi connectivity index (χ0v) is 11.4. The molecule has 0 bridgehead atoms. The monoisotopic (exact) mass is 238 g/mol. The van der Waals surface area contributed by atoms with Crippen molar-refractivity contribution in [2.45, 2.75) is 27.7 Å². The fourth-order valence-electron chi connectivity index (χ4n) is 2.69. The Bertz CT molecular complexity index is 606. The minimum Gasteiger partial charge on any atom is -0.261 e. The summed E-state index contributed by atoms with van der Waals surface area (Å²) >= 11 is 0. The van der Waals surface area contributed by atoms with Crippen LogP contribution >= 0.6 is 0 Å². The van der Waals surface area contributed by atoms with Crippen molar-refractivity contribution in [1.82, 2.24) is 5.01 Å². The Morgan fingerprint density at radius 2 is 1.50 bits per heavy atom. The van der Waals surface area contributed by atoms with Crippen LogP contribution in [0.3, 0.4) is 0 Å². The predicted octanol–water partition coefficient (Wildman–Crippen LogP) is 4.13. The third-order valence-corrected chi connectivity index (χ3v) is 4.02. The predicted molar refractivity (Wildman–Crippen MR) is 76.8 cm³/mol. The van der Waals surface area contributed by atoms with E-state index in [1.54, 1.807) is 0 Å². The van der Waals surface area contributed by atoms with E-state index >= 15 is 0 Å². The zero-order valence-electron chi connectivity index (χ0n) is 11.4. The van der Waals surface area contributed by atoms with Crippen molar-refractivity contribution in [3.8, 4) is 0 Å². The van der Waals surface area contributed by atoms with Gasteiger partial charge in [0.1, 0.15) is 0 Å². The summed E-state index contributed by atoms with van der Waals surface area (Å²) in [5.74, 6) is 0. The van der Waals surface area contributed by atoms with Crippen molar-refractivity contribution in [1.29, 1.82) is 0 Å². The maximum Gasteiger partial charge on any atom is 0.0707 e. The molecule has 2 heteroatoms. The van der Waals surface area contributed by atoms with Crippen molar-refractivity contribution < 1.29 is 0 Å². The number of hydrogen-bond donors (Lipinski definition) is 0. The molecule has 0 aliphatic carbocycles. The molecule has 0 unspecified atom stereocenters. The normalized spacial score (nSPS) is 17.1. The maximum atomic E-state index is 2.21. The number of anilines is 1. The molecule has 0 amide bonds. The van der Waals surface area contributed by atoms with E-state index in [-0.39, 0.29) is 0 Å². The molecule has 0 saturated carbocycles. The molecule has 0 spiro atoms. The topological polar surface area (TPSA) is 6.48 Å². The Hall–Kier alpha value is -1.96. The van der Waals surface area contributed by atoms with E-state index in [1.165, 1.54) is 33.6 Å². The van der Waals surface area contributed by atoms with Gasteiger partial charge in [0.05, 0.1) is 5.69 Å². The minimum atomic E-state index is 1.27. The van der Waals surface area contributed by atoms with Crippen LogP contribution < -0.4 is 5.01 Å². The number of hydrogen-bond acceptors (Lipinski definition) is 2. The Morgan fingerprint density at radius 3 is 2.22 bits per heavy atom. The van der Waals surface area contributed by atoms with Crippen molar-refractivity contribution in [3.63, 3.8) is 0 Å². The molecule has 0 saturated heterocycles. The number of hydrazine groups is 1. The van der Waals surface area contributed by atoms with Gasteiger partial charge >= 0.3 is 0 Å². The summed E-state index contributed by atoms with van der Waals surface area (Å²) in [6.45, 7) is 8.78. The lowest BCUT2D eigenvalue weighted by Crippen LogP contribution is -2.38. The zero-order chi connectivity index (χ0) is 12.9. The molecule has 3 rings (SSSR count). The Morgan fingerprint density at radius 1 is 0.833 bits per heavy atom. The molecule has 92 valence electrons. The molecular formula is C16H18N2. The van der Waals surface area contributed by atoms with Crippen LogP contribution in [0.25, 0.3) is 5.57 Å².